The standard InChI is InChI=1S/C27H30N4O4/c1-27(2,26(34)35)30-25(33)21-5-3-18(4-6-21)19-7-11-22(12-8-19)29-24(32)20-9-13-23(14-10-20)31-16-15-28-17-31/h7-18,21H,3-6H2,1-2H3,(H,29,32)(H,30,33)(H,34,35)/t18-,21-. The van der Waals surface area contributed by atoms with Crippen molar-refractivity contribution >= 4 is 23.5 Å². The van der Waals surface area contributed by atoms with E-state index in [9.17, 15) is 19.5 Å². The predicted molar refractivity (Wildman–Crippen MR) is 133 cm³/mol. The molecule has 0 spiro atoms. The van der Waals surface area contributed by atoms with Crippen LogP contribution in [0.3, 0.4) is 0 Å². The number of hydrogen-bond donors (Lipinski definition) is 3. The predicted octanol–water partition coefficient (Wildman–Crippen LogP) is 4.38. The number of benzene rings is 2. The van der Waals surface area contributed by atoms with Crippen molar-refractivity contribution in [3.63, 3.8) is 0 Å². The van der Waals surface area contributed by atoms with E-state index in [1.807, 2.05) is 47.2 Å². The van der Waals surface area contributed by atoms with Gasteiger partial charge in [-0.1, -0.05) is 12.1 Å². The number of nitrogens with one attached hydrogen (secondary N) is 2. The SMILES string of the molecule is CC(C)(NC(=O)[C@H]1CC[C@H](c2ccc(NC(=O)c3ccc(-n4ccnc4)cc3)cc2)CC1)C(=O)O. The van der Waals surface area contributed by atoms with Gasteiger partial charge in [-0.15, -0.1) is 0 Å². The van der Waals surface area contributed by atoms with Gasteiger partial charge in [0.2, 0.25) is 5.91 Å². The van der Waals surface area contributed by atoms with Gasteiger partial charge in [-0.2, -0.15) is 0 Å². The van der Waals surface area contributed by atoms with Crippen LogP contribution in [0.1, 0.15) is 61.4 Å². The van der Waals surface area contributed by atoms with Crippen LogP contribution in [-0.4, -0.2) is 38.0 Å². The normalized spacial score (nSPS) is 18.0. The molecule has 8 nitrogen and oxygen atoms in total. The van der Waals surface area contributed by atoms with Crippen LogP contribution in [0.2, 0.25) is 0 Å². The first-order valence-electron chi connectivity index (χ1n) is 11.8. The highest BCUT2D eigenvalue weighted by molar-refractivity contribution is 6.04. The van der Waals surface area contributed by atoms with Crippen molar-refractivity contribution in [2.24, 2.45) is 5.92 Å². The third-order valence-electron chi connectivity index (χ3n) is 6.64. The Kier molecular flexibility index (Phi) is 7.00. The molecule has 0 atom stereocenters. The summed E-state index contributed by atoms with van der Waals surface area (Å²) in [6.45, 7) is 2.99. The van der Waals surface area contributed by atoms with Crippen LogP contribution in [0.25, 0.3) is 5.69 Å². The van der Waals surface area contributed by atoms with Crippen LogP contribution < -0.4 is 10.6 Å². The second-order valence-electron chi connectivity index (χ2n) is 9.56. The second-order valence-corrected chi connectivity index (χ2v) is 9.56. The molecule has 1 aliphatic carbocycles. The zero-order valence-electron chi connectivity index (χ0n) is 19.9. The van der Waals surface area contributed by atoms with Crippen molar-refractivity contribution in [3.8, 4) is 5.69 Å². The van der Waals surface area contributed by atoms with Crippen LogP contribution in [-0.2, 0) is 9.59 Å². The van der Waals surface area contributed by atoms with Crippen LogP contribution in [0, 0.1) is 5.92 Å². The quantitative estimate of drug-likeness (QED) is 0.470. The smallest absolute Gasteiger partial charge is 0.328 e. The minimum atomic E-state index is -1.27. The fourth-order valence-electron chi connectivity index (χ4n) is 4.39. The largest absolute Gasteiger partial charge is 0.480 e. The fraction of sp³-hybridized carbons (Fsp3) is 0.333. The minimum Gasteiger partial charge on any atom is -0.480 e. The first-order chi connectivity index (χ1) is 16.7. The van der Waals surface area contributed by atoms with Gasteiger partial charge in [-0.25, -0.2) is 9.78 Å². The Labute approximate surface area is 204 Å². The van der Waals surface area contributed by atoms with E-state index in [1.54, 1.807) is 24.7 Å². The summed E-state index contributed by atoms with van der Waals surface area (Å²) in [6, 6.07) is 15.2. The maximum atomic E-state index is 12.6. The third kappa shape index (κ3) is 5.77. The number of rotatable bonds is 7. The summed E-state index contributed by atoms with van der Waals surface area (Å²) < 4.78 is 1.87. The van der Waals surface area contributed by atoms with Gasteiger partial charge in [-0.05, 0) is 87.4 Å². The molecule has 0 radical (unpaired) electrons. The van der Waals surface area contributed by atoms with E-state index in [0.29, 0.717) is 11.5 Å². The molecule has 0 saturated heterocycles. The number of aliphatic carboxylic acids is 1. The molecule has 0 unspecified atom stereocenters. The van der Waals surface area contributed by atoms with Gasteiger partial charge in [-0.3, -0.25) is 9.59 Å². The number of hydrogen-bond acceptors (Lipinski definition) is 4. The van der Waals surface area contributed by atoms with Gasteiger partial charge in [0.15, 0.2) is 0 Å². The van der Waals surface area contributed by atoms with E-state index in [4.69, 9.17) is 0 Å². The summed E-state index contributed by atoms with van der Waals surface area (Å²) in [4.78, 5) is 40.4. The zero-order chi connectivity index (χ0) is 25.0. The van der Waals surface area contributed by atoms with E-state index in [0.717, 1.165) is 37.1 Å². The third-order valence-corrected chi connectivity index (χ3v) is 6.64. The Morgan fingerprint density at radius 1 is 0.971 bits per heavy atom. The summed E-state index contributed by atoms with van der Waals surface area (Å²) in [5.41, 5.74) is 2.14. The molecule has 182 valence electrons. The molecule has 35 heavy (non-hydrogen) atoms. The van der Waals surface area contributed by atoms with Gasteiger partial charge in [0, 0.05) is 35.2 Å². The molecule has 3 N–H and O–H groups in total. The molecule has 1 saturated carbocycles. The first kappa shape index (κ1) is 24.2. The summed E-state index contributed by atoms with van der Waals surface area (Å²) in [6.07, 6.45) is 8.42. The topological polar surface area (TPSA) is 113 Å². The Morgan fingerprint density at radius 3 is 2.20 bits per heavy atom. The van der Waals surface area contributed by atoms with E-state index in [2.05, 4.69) is 15.6 Å². The summed E-state index contributed by atoms with van der Waals surface area (Å²) in [5.74, 6) is -1.23. The van der Waals surface area contributed by atoms with Crippen molar-refractivity contribution in [2.45, 2.75) is 51.0 Å². The van der Waals surface area contributed by atoms with Gasteiger partial charge in [0.1, 0.15) is 5.54 Å². The molecule has 1 fully saturated rings. The van der Waals surface area contributed by atoms with Crippen molar-refractivity contribution < 1.29 is 19.5 Å². The van der Waals surface area contributed by atoms with E-state index in [1.165, 1.54) is 19.4 Å². The van der Waals surface area contributed by atoms with Crippen LogP contribution >= 0.6 is 0 Å². The molecule has 0 aliphatic heterocycles. The van der Waals surface area contributed by atoms with Crippen LogP contribution in [0.4, 0.5) is 5.69 Å². The van der Waals surface area contributed by atoms with Gasteiger partial charge >= 0.3 is 5.97 Å². The highest BCUT2D eigenvalue weighted by Crippen LogP contribution is 2.36. The maximum absolute atomic E-state index is 12.6. The number of carbonyl (C=O) groups excluding carboxylic acids is 2. The molecule has 1 aromatic heterocycles. The van der Waals surface area contributed by atoms with E-state index in [-0.39, 0.29) is 17.7 Å². The van der Waals surface area contributed by atoms with Crippen molar-refractivity contribution in [2.75, 3.05) is 5.32 Å². The maximum Gasteiger partial charge on any atom is 0.328 e. The Hall–Kier alpha value is -3.94. The molecule has 3 aromatic rings. The molecule has 1 aliphatic rings. The number of imidazole rings is 1. The second kappa shape index (κ2) is 10.1. The van der Waals surface area contributed by atoms with E-state index < -0.39 is 11.5 Å². The van der Waals surface area contributed by atoms with Crippen molar-refractivity contribution in [1.82, 2.24) is 14.9 Å². The van der Waals surface area contributed by atoms with Gasteiger partial charge in [0.05, 0.1) is 6.33 Å². The summed E-state index contributed by atoms with van der Waals surface area (Å²) in [5, 5.41) is 14.8. The molecular weight excluding hydrogens is 444 g/mol. The van der Waals surface area contributed by atoms with Crippen molar-refractivity contribution in [3.05, 3.63) is 78.4 Å². The van der Waals surface area contributed by atoms with Crippen LogP contribution in [0.15, 0.2) is 67.3 Å². The monoisotopic (exact) mass is 474 g/mol. The number of nitrogens with zero attached hydrogens (tertiary/aromatic N) is 2. The number of anilines is 1. The van der Waals surface area contributed by atoms with Crippen molar-refractivity contribution in [1.29, 1.82) is 0 Å². The highest BCUT2D eigenvalue weighted by atomic mass is 16.4. The molecule has 0 bridgehead atoms. The Balaban J connectivity index is 1.29. The lowest BCUT2D eigenvalue weighted by atomic mass is 9.78. The molecule has 2 aromatic carbocycles. The number of carbonyl (C=O) groups is 3. The van der Waals surface area contributed by atoms with Crippen LogP contribution in [0.5, 0.6) is 0 Å². The average Bonchev–Trinajstić information content (AvgIpc) is 3.39. The number of carboxylic acids is 1. The molecule has 4 rings (SSSR count). The van der Waals surface area contributed by atoms with E-state index >= 15 is 0 Å². The lowest BCUT2D eigenvalue weighted by Gasteiger charge is -2.30. The molecule has 2 amide bonds. The molecular formula is C27H30N4O4. The number of carboxylic acid groups (broad SMARTS) is 1. The lowest BCUT2D eigenvalue weighted by Crippen LogP contribution is -2.51. The number of aromatic nitrogens is 2. The zero-order valence-corrected chi connectivity index (χ0v) is 19.9. The number of amides is 2. The Morgan fingerprint density at radius 2 is 1.63 bits per heavy atom. The van der Waals surface area contributed by atoms with Gasteiger partial charge in [0.25, 0.3) is 5.91 Å². The minimum absolute atomic E-state index is 0.163. The lowest BCUT2D eigenvalue weighted by molar-refractivity contribution is -0.146. The summed E-state index contributed by atoms with van der Waals surface area (Å²) >= 11 is 0. The average molecular weight is 475 g/mol. The van der Waals surface area contributed by atoms with Gasteiger partial charge < -0.3 is 20.3 Å². The first-order valence-corrected chi connectivity index (χ1v) is 11.8. The summed E-state index contributed by atoms with van der Waals surface area (Å²) in [7, 11) is 0. The molecule has 1 heterocycles. The fourth-order valence-corrected chi connectivity index (χ4v) is 4.39. The highest BCUT2D eigenvalue weighted by Gasteiger charge is 2.33. The Bertz CT molecular complexity index is 1180. The molecule has 8 heteroatoms.